The summed E-state index contributed by atoms with van der Waals surface area (Å²) in [6, 6.07) is 0.326. The molecule has 0 unspecified atom stereocenters. The molecule has 0 saturated heterocycles. The Kier molecular flexibility index (Phi) is 6.49. The van der Waals surface area contributed by atoms with Crippen LogP contribution in [0.15, 0.2) is 4.42 Å². The Labute approximate surface area is 111 Å². The highest BCUT2D eigenvalue weighted by molar-refractivity contribution is 6.17. The van der Waals surface area contributed by atoms with Gasteiger partial charge in [-0.1, -0.05) is 18.9 Å². The second-order valence-electron chi connectivity index (χ2n) is 4.31. The Bertz CT molecular complexity index is 368. The molecule has 1 amide bonds. The van der Waals surface area contributed by atoms with Crippen LogP contribution in [-0.4, -0.2) is 35.1 Å². The molecule has 1 rings (SSSR count). The van der Waals surface area contributed by atoms with Gasteiger partial charge in [0.2, 0.25) is 11.8 Å². The monoisotopic (exact) mass is 274 g/mol. The maximum atomic E-state index is 11.4. The van der Waals surface area contributed by atoms with E-state index in [-0.39, 0.29) is 5.91 Å². The molecule has 7 heteroatoms. The number of hydrogen-bond acceptors (Lipinski definition) is 5. The first-order valence-electron chi connectivity index (χ1n) is 6.00. The Balaban J connectivity index is 2.18. The minimum absolute atomic E-state index is 0.0108. The standard InChI is InChI=1S/C11H19ClN4O2/c1-8(2)7-14-9(17)4-6-13-11-16-15-10(18-11)3-5-12/h8H,3-7H2,1-2H3,(H,13,16)(H,14,17). The minimum Gasteiger partial charge on any atom is -0.408 e. The van der Waals surface area contributed by atoms with E-state index in [1.165, 1.54) is 0 Å². The molecule has 2 N–H and O–H groups in total. The van der Waals surface area contributed by atoms with Crippen molar-refractivity contribution in [3.05, 3.63) is 5.89 Å². The number of aromatic nitrogens is 2. The average molecular weight is 275 g/mol. The third-order valence-electron chi connectivity index (χ3n) is 2.11. The third kappa shape index (κ3) is 5.86. The molecule has 1 heterocycles. The Hall–Kier alpha value is -1.30. The lowest BCUT2D eigenvalue weighted by atomic mass is 10.2. The third-order valence-corrected chi connectivity index (χ3v) is 2.30. The quantitative estimate of drug-likeness (QED) is 0.701. The Morgan fingerprint density at radius 1 is 1.44 bits per heavy atom. The zero-order valence-corrected chi connectivity index (χ0v) is 11.5. The summed E-state index contributed by atoms with van der Waals surface area (Å²) in [5, 5.41) is 13.3. The van der Waals surface area contributed by atoms with Gasteiger partial charge in [-0.25, -0.2) is 0 Å². The van der Waals surface area contributed by atoms with E-state index >= 15 is 0 Å². The molecule has 0 radical (unpaired) electrons. The highest BCUT2D eigenvalue weighted by atomic mass is 35.5. The molecule has 0 bridgehead atoms. The molecule has 0 atom stereocenters. The van der Waals surface area contributed by atoms with Gasteiger partial charge in [-0.15, -0.1) is 16.7 Å². The number of carbonyl (C=O) groups is 1. The van der Waals surface area contributed by atoms with Gasteiger partial charge >= 0.3 is 6.01 Å². The highest BCUT2D eigenvalue weighted by Gasteiger charge is 2.06. The van der Waals surface area contributed by atoms with E-state index in [0.29, 0.717) is 49.6 Å². The lowest BCUT2D eigenvalue weighted by molar-refractivity contribution is -0.120. The topological polar surface area (TPSA) is 80.0 Å². The molecule has 0 aliphatic heterocycles. The van der Waals surface area contributed by atoms with E-state index in [0.717, 1.165) is 0 Å². The van der Waals surface area contributed by atoms with E-state index in [1.54, 1.807) is 0 Å². The zero-order valence-electron chi connectivity index (χ0n) is 10.7. The Morgan fingerprint density at radius 3 is 2.89 bits per heavy atom. The summed E-state index contributed by atoms with van der Waals surface area (Å²) in [6.07, 6.45) is 0.922. The van der Waals surface area contributed by atoms with Crippen LogP contribution in [0.2, 0.25) is 0 Å². The van der Waals surface area contributed by atoms with Gasteiger partial charge in [-0.2, -0.15) is 0 Å². The fraction of sp³-hybridized carbons (Fsp3) is 0.727. The van der Waals surface area contributed by atoms with Gasteiger partial charge in [-0.3, -0.25) is 4.79 Å². The number of amides is 1. The number of anilines is 1. The van der Waals surface area contributed by atoms with Crippen molar-refractivity contribution in [3.8, 4) is 0 Å². The van der Waals surface area contributed by atoms with Crippen molar-refractivity contribution in [1.82, 2.24) is 15.5 Å². The first kappa shape index (κ1) is 14.8. The number of nitrogens with zero attached hydrogens (tertiary/aromatic N) is 2. The van der Waals surface area contributed by atoms with Crippen LogP contribution in [0.1, 0.15) is 26.2 Å². The van der Waals surface area contributed by atoms with Crippen LogP contribution in [0, 0.1) is 5.92 Å². The molecule has 0 saturated carbocycles. The van der Waals surface area contributed by atoms with Crippen molar-refractivity contribution < 1.29 is 9.21 Å². The molecule has 6 nitrogen and oxygen atoms in total. The number of hydrogen-bond donors (Lipinski definition) is 2. The maximum absolute atomic E-state index is 11.4. The molecule has 0 aliphatic carbocycles. The van der Waals surface area contributed by atoms with Gasteiger partial charge in [0.1, 0.15) is 0 Å². The summed E-state index contributed by atoms with van der Waals surface area (Å²) < 4.78 is 5.25. The first-order chi connectivity index (χ1) is 8.61. The summed E-state index contributed by atoms with van der Waals surface area (Å²) in [5.74, 6) is 1.41. The summed E-state index contributed by atoms with van der Waals surface area (Å²) in [7, 11) is 0. The molecule has 18 heavy (non-hydrogen) atoms. The van der Waals surface area contributed by atoms with Crippen LogP contribution >= 0.6 is 11.6 Å². The van der Waals surface area contributed by atoms with Crippen molar-refractivity contribution in [2.45, 2.75) is 26.7 Å². The predicted molar refractivity (Wildman–Crippen MR) is 69.7 cm³/mol. The SMILES string of the molecule is CC(C)CNC(=O)CCNc1nnc(CCCl)o1. The molecule has 0 spiro atoms. The van der Waals surface area contributed by atoms with Gasteiger partial charge in [-0.05, 0) is 5.92 Å². The highest BCUT2D eigenvalue weighted by Crippen LogP contribution is 2.06. The molecule has 102 valence electrons. The fourth-order valence-corrected chi connectivity index (χ4v) is 1.36. The minimum atomic E-state index is 0.0108. The van der Waals surface area contributed by atoms with Crippen molar-refractivity contribution >= 4 is 23.5 Å². The first-order valence-corrected chi connectivity index (χ1v) is 6.54. The fourth-order valence-electron chi connectivity index (χ4n) is 1.20. The number of rotatable bonds is 8. The lowest BCUT2D eigenvalue weighted by Gasteiger charge is -2.07. The number of nitrogens with one attached hydrogen (secondary N) is 2. The van der Waals surface area contributed by atoms with E-state index < -0.39 is 0 Å². The average Bonchev–Trinajstić information content (AvgIpc) is 2.75. The van der Waals surface area contributed by atoms with E-state index in [4.69, 9.17) is 16.0 Å². The van der Waals surface area contributed by atoms with Crippen molar-refractivity contribution in [1.29, 1.82) is 0 Å². The predicted octanol–water partition coefficient (Wildman–Crippen LogP) is 1.43. The van der Waals surface area contributed by atoms with Gasteiger partial charge in [0.25, 0.3) is 0 Å². The maximum Gasteiger partial charge on any atom is 0.315 e. The lowest BCUT2D eigenvalue weighted by Crippen LogP contribution is -2.28. The molecule has 1 aromatic rings. The smallest absolute Gasteiger partial charge is 0.315 e. The molecular weight excluding hydrogens is 256 g/mol. The second kappa shape index (κ2) is 7.92. The summed E-state index contributed by atoms with van der Waals surface area (Å²) in [4.78, 5) is 11.4. The van der Waals surface area contributed by atoms with E-state index in [2.05, 4.69) is 34.7 Å². The molecule has 0 fully saturated rings. The van der Waals surface area contributed by atoms with Crippen LogP contribution in [0.5, 0.6) is 0 Å². The number of aryl methyl sites for hydroxylation is 1. The molecule has 0 aromatic carbocycles. The zero-order chi connectivity index (χ0) is 13.4. The van der Waals surface area contributed by atoms with Gasteiger partial charge in [0.15, 0.2) is 0 Å². The summed E-state index contributed by atoms with van der Waals surface area (Å²) in [6.45, 7) is 5.26. The number of alkyl halides is 1. The van der Waals surface area contributed by atoms with Crippen LogP contribution in [0.3, 0.4) is 0 Å². The summed E-state index contributed by atoms with van der Waals surface area (Å²) >= 11 is 5.55. The second-order valence-corrected chi connectivity index (χ2v) is 4.69. The molecule has 1 aromatic heterocycles. The van der Waals surface area contributed by atoms with Crippen LogP contribution in [0.25, 0.3) is 0 Å². The summed E-state index contributed by atoms with van der Waals surface area (Å²) in [5.41, 5.74) is 0. The van der Waals surface area contributed by atoms with E-state index in [9.17, 15) is 4.79 Å². The van der Waals surface area contributed by atoms with Crippen LogP contribution in [-0.2, 0) is 11.2 Å². The van der Waals surface area contributed by atoms with Crippen LogP contribution in [0.4, 0.5) is 6.01 Å². The van der Waals surface area contributed by atoms with Crippen molar-refractivity contribution in [2.75, 3.05) is 24.3 Å². The van der Waals surface area contributed by atoms with Gasteiger partial charge in [0.05, 0.1) is 0 Å². The van der Waals surface area contributed by atoms with Crippen molar-refractivity contribution in [2.24, 2.45) is 5.92 Å². The molecule has 0 aliphatic rings. The number of carbonyl (C=O) groups excluding carboxylic acids is 1. The van der Waals surface area contributed by atoms with E-state index in [1.807, 2.05) is 0 Å². The van der Waals surface area contributed by atoms with Crippen LogP contribution < -0.4 is 10.6 Å². The number of halogens is 1. The molecular formula is C11H19ClN4O2. The Morgan fingerprint density at radius 2 is 2.22 bits per heavy atom. The van der Waals surface area contributed by atoms with Gasteiger partial charge < -0.3 is 15.1 Å². The van der Waals surface area contributed by atoms with Gasteiger partial charge in [0, 0.05) is 31.8 Å². The van der Waals surface area contributed by atoms with Crippen molar-refractivity contribution in [3.63, 3.8) is 0 Å². The largest absolute Gasteiger partial charge is 0.408 e. The normalized spacial score (nSPS) is 10.7.